The lowest BCUT2D eigenvalue weighted by Gasteiger charge is -2.10. The van der Waals surface area contributed by atoms with Gasteiger partial charge in [-0.2, -0.15) is 0 Å². The standard InChI is InChI=1S/C13H18FNO/c1-4-9(2)8-15-13(16)11-5-6-12(14)10(3)7-11/h5-7,9H,4,8H2,1-3H3,(H,15,16). The van der Waals surface area contributed by atoms with Crippen molar-refractivity contribution in [2.75, 3.05) is 6.54 Å². The molecule has 0 saturated heterocycles. The molecule has 0 fully saturated rings. The van der Waals surface area contributed by atoms with Crippen LogP contribution in [0.15, 0.2) is 18.2 Å². The molecule has 0 heterocycles. The minimum absolute atomic E-state index is 0.136. The molecular weight excluding hydrogens is 205 g/mol. The number of benzene rings is 1. The Balaban J connectivity index is 2.63. The summed E-state index contributed by atoms with van der Waals surface area (Å²) in [7, 11) is 0. The monoisotopic (exact) mass is 223 g/mol. The number of hydrogen-bond donors (Lipinski definition) is 1. The number of rotatable bonds is 4. The van der Waals surface area contributed by atoms with Crippen LogP contribution >= 0.6 is 0 Å². The number of carbonyl (C=O) groups excluding carboxylic acids is 1. The fraction of sp³-hybridized carbons (Fsp3) is 0.462. The van der Waals surface area contributed by atoms with Gasteiger partial charge in [-0.15, -0.1) is 0 Å². The van der Waals surface area contributed by atoms with Crippen LogP contribution in [0.1, 0.15) is 36.2 Å². The number of carbonyl (C=O) groups is 1. The predicted molar refractivity (Wildman–Crippen MR) is 62.9 cm³/mol. The Morgan fingerprint density at radius 1 is 1.50 bits per heavy atom. The van der Waals surface area contributed by atoms with Crippen molar-refractivity contribution in [3.63, 3.8) is 0 Å². The molecule has 1 amide bonds. The van der Waals surface area contributed by atoms with Crippen LogP contribution < -0.4 is 5.32 Å². The van der Waals surface area contributed by atoms with E-state index in [-0.39, 0.29) is 11.7 Å². The normalized spacial score (nSPS) is 12.2. The maximum absolute atomic E-state index is 13.0. The molecule has 1 atom stereocenters. The largest absolute Gasteiger partial charge is 0.352 e. The molecule has 0 saturated carbocycles. The zero-order valence-electron chi connectivity index (χ0n) is 10.0. The fourth-order valence-corrected chi connectivity index (χ4v) is 1.30. The first-order chi connectivity index (χ1) is 7.54. The van der Waals surface area contributed by atoms with Gasteiger partial charge in [0.25, 0.3) is 5.91 Å². The van der Waals surface area contributed by atoms with Gasteiger partial charge in [-0.25, -0.2) is 4.39 Å². The highest BCUT2D eigenvalue weighted by Gasteiger charge is 2.08. The SMILES string of the molecule is CCC(C)CNC(=O)c1ccc(F)c(C)c1. The number of amides is 1. The van der Waals surface area contributed by atoms with E-state index in [0.29, 0.717) is 23.6 Å². The van der Waals surface area contributed by atoms with Crippen molar-refractivity contribution in [3.05, 3.63) is 35.1 Å². The molecule has 2 nitrogen and oxygen atoms in total. The van der Waals surface area contributed by atoms with Crippen molar-refractivity contribution in [1.82, 2.24) is 5.32 Å². The first-order valence-corrected chi connectivity index (χ1v) is 5.59. The van der Waals surface area contributed by atoms with Crippen LogP contribution in [0.25, 0.3) is 0 Å². The van der Waals surface area contributed by atoms with Gasteiger partial charge < -0.3 is 5.32 Å². The second-order valence-electron chi connectivity index (χ2n) is 4.19. The van der Waals surface area contributed by atoms with Crippen molar-refractivity contribution < 1.29 is 9.18 Å². The van der Waals surface area contributed by atoms with E-state index in [1.54, 1.807) is 13.0 Å². The quantitative estimate of drug-likeness (QED) is 0.835. The molecular formula is C13H18FNO. The molecule has 1 aromatic rings. The van der Waals surface area contributed by atoms with Gasteiger partial charge in [0.1, 0.15) is 5.82 Å². The lowest BCUT2D eigenvalue weighted by atomic mass is 10.1. The molecule has 0 radical (unpaired) electrons. The number of halogens is 1. The highest BCUT2D eigenvalue weighted by Crippen LogP contribution is 2.09. The minimum Gasteiger partial charge on any atom is -0.352 e. The first-order valence-electron chi connectivity index (χ1n) is 5.59. The van der Waals surface area contributed by atoms with Crippen molar-refractivity contribution in [2.45, 2.75) is 27.2 Å². The van der Waals surface area contributed by atoms with Crippen molar-refractivity contribution in [2.24, 2.45) is 5.92 Å². The number of aryl methyl sites for hydroxylation is 1. The van der Waals surface area contributed by atoms with Crippen LogP contribution in [0, 0.1) is 18.7 Å². The molecule has 1 N–H and O–H groups in total. The summed E-state index contributed by atoms with van der Waals surface area (Å²) in [6.07, 6.45) is 1.03. The van der Waals surface area contributed by atoms with Gasteiger partial charge in [0.2, 0.25) is 0 Å². The molecule has 0 bridgehead atoms. The fourth-order valence-electron chi connectivity index (χ4n) is 1.30. The number of hydrogen-bond acceptors (Lipinski definition) is 1. The van der Waals surface area contributed by atoms with Crippen LogP contribution in [0.2, 0.25) is 0 Å². The third kappa shape index (κ3) is 3.33. The average molecular weight is 223 g/mol. The summed E-state index contributed by atoms with van der Waals surface area (Å²) in [6, 6.07) is 4.41. The van der Waals surface area contributed by atoms with E-state index in [1.807, 2.05) is 0 Å². The molecule has 88 valence electrons. The molecule has 0 aliphatic carbocycles. The van der Waals surface area contributed by atoms with Gasteiger partial charge in [-0.3, -0.25) is 4.79 Å². The second-order valence-corrected chi connectivity index (χ2v) is 4.19. The van der Waals surface area contributed by atoms with Gasteiger partial charge in [-0.1, -0.05) is 20.3 Å². The van der Waals surface area contributed by atoms with Crippen molar-refractivity contribution in [1.29, 1.82) is 0 Å². The molecule has 1 unspecified atom stereocenters. The van der Waals surface area contributed by atoms with Gasteiger partial charge in [0.15, 0.2) is 0 Å². The molecule has 16 heavy (non-hydrogen) atoms. The smallest absolute Gasteiger partial charge is 0.251 e. The summed E-state index contributed by atoms with van der Waals surface area (Å²) in [6.45, 7) is 6.47. The predicted octanol–water partition coefficient (Wildman–Crippen LogP) is 2.91. The summed E-state index contributed by atoms with van der Waals surface area (Å²) >= 11 is 0. The van der Waals surface area contributed by atoms with Crippen molar-refractivity contribution in [3.8, 4) is 0 Å². The van der Waals surface area contributed by atoms with E-state index in [9.17, 15) is 9.18 Å². The zero-order valence-corrected chi connectivity index (χ0v) is 10.0. The summed E-state index contributed by atoms with van der Waals surface area (Å²) in [5, 5.41) is 2.83. The third-order valence-corrected chi connectivity index (χ3v) is 2.73. The third-order valence-electron chi connectivity index (χ3n) is 2.73. The van der Waals surface area contributed by atoms with E-state index in [2.05, 4.69) is 19.2 Å². The van der Waals surface area contributed by atoms with Gasteiger partial charge in [0.05, 0.1) is 0 Å². The molecule has 0 aliphatic heterocycles. The Morgan fingerprint density at radius 3 is 2.75 bits per heavy atom. The van der Waals surface area contributed by atoms with E-state index < -0.39 is 0 Å². The first kappa shape index (κ1) is 12.7. The average Bonchev–Trinajstić information content (AvgIpc) is 2.29. The Morgan fingerprint density at radius 2 is 2.19 bits per heavy atom. The second kappa shape index (κ2) is 5.64. The van der Waals surface area contributed by atoms with E-state index in [0.717, 1.165) is 6.42 Å². The van der Waals surface area contributed by atoms with Crippen molar-refractivity contribution >= 4 is 5.91 Å². The molecule has 1 rings (SSSR count). The number of nitrogens with one attached hydrogen (secondary N) is 1. The molecule has 0 aromatic heterocycles. The Labute approximate surface area is 95.9 Å². The molecule has 1 aromatic carbocycles. The van der Waals surface area contributed by atoms with Gasteiger partial charge >= 0.3 is 0 Å². The highest BCUT2D eigenvalue weighted by atomic mass is 19.1. The Kier molecular flexibility index (Phi) is 4.47. The van der Waals surface area contributed by atoms with Crippen LogP contribution in [0.5, 0.6) is 0 Å². The minimum atomic E-state index is -0.279. The summed E-state index contributed by atoms with van der Waals surface area (Å²) in [5.74, 6) is 0.0485. The maximum atomic E-state index is 13.0. The molecule has 0 aliphatic rings. The lowest BCUT2D eigenvalue weighted by Crippen LogP contribution is -2.28. The highest BCUT2D eigenvalue weighted by molar-refractivity contribution is 5.94. The molecule has 0 spiro atoms. The van der Waals surface area contributed by atoms with E-state index in [4.69, 9.17) is 0 Å². The van der Waals surface area contributed by atoms with Gasteiger partial charge in [-0.05, 0) is 36.6 Å². The Hall–Kier alpha value is -1.38. The van der Waals surface area contributed by atoms with Gasteiger partial charge in [0, 0.05) is 12.1 Å². The van der Waals surface area contributed by atoms with Crippen LogP contribution in [-0.2, 0) is 0 Å². The zero-order chi connectivity index (χ0) is 12.1. The van der Waals surface area contributed by atoms with Crippen LogP contribution in [0.3, 0.4) is 0 Å². The van der Waals surface area contributed by atoms with Crippen LogP contribution in [-0.4, -0.2) is 12.5 Å². The summed E-state index contributed by atoms with van der Waals surface area (Å²) in [5.41, 5.74) is 1.01. The lowest BCUT2D eigenvalue weighted by molar-refractivity contribution is 0.0947. The van der Waals surface area contributed by atoms with E-state index >= 15 is 0 Å². The molecule has 3 heteroatoms. The topological polar surface area (TPSA) is 29.1 Å². The van der Waals surface area contributed by atoms with E-state index in [1.165, 1.54) is 12.1 Å². The summed E-state index contributed by atoms with van der Waals surface area (Å²) < 4.78 is 13.0. The summed E-state index contributed by atoms with van der Waals surface area (Å²) in [4.78, 5) is 11.7. The Bertz CT molecular complexity index is 376. The maximum Gasteiger partial charge on any atom is 0.251 e. The van der Waals surface area contributed by atoms with Crippen LogP contribution in [0.4, 0.5) is 4.39 Å².